The van der Waals surface area contributed by atoms with E-state index in [1.54, 1.807) is 7.11 Å². The van der Waals surface area contributed by atoms with Gasteiger partial charge in [-0.1, -0.05) is 43.4 Å². The second kappa shape index (κ2) is 9.31. The third kappa shape index (κ3) is 4.94. The summed E-state index contributed by atoms with van der Waals surface area (Å²) in [6.07, 6.45) is 1.85. The number of benzene rings is 2. The number of fused-ring (bicyclic) bond motifs is 1. The molecule has 2 aromatic heterocycles. The SMILES string of the molecule is COc1ccc(-c2[nH]c3ccccc3c2CCC(=O)Nc2nnc(CC(C)C)s2)cc1. The van der Waals surface area contributed by atoms with Crippen LogP contribution in [0.1, 0.15) is 30.8 Å². The van der Waals surface area contributed by atoms with E-state index in [4.69, 9.17) is 4.74 Å². The Bertz CT molecular complexity index is 1180. The van der Waals surface area contributed by atoms with Crippen LogP contribution in [0.25, 0.3) is 22.2 Å². The number of aromatic amines is 1. The van der Waals surface area contributed by atoms with Gasteiger partial charge in [0.15, 0.2) is 0 Å². The monoisotopic (exact) mass is 434 g/mol. The predicted octanol–water partition coefficient (Wildman–Crippen LogP) is 5.46. The number of rotatable bonds is 8. The van der Waals surface area contributed by atoms with Gasteiger partial charge in [0.1, 0.15) is 10.8 Å². The predicted molar refractivity (Wildman–Crippen MR) is 126 cm³/mol. The van der Waals surface area contributed by atoms with Gasteiger partial charge in [-0.15, -0.1) is 10.2 Å². The number of nitrogens with zero attached hydrogens (tertiary/aromatic N) is 2. The zero-order valence-corrected chi connectivity index (χ0v) is 18.8. The molecule has 2 N–H and O–H groups in total. The fourth-order valence-electron chi connectivity index (χ4n) is 3.62. The lowest BCUT2D eigenvalue weighted by Gasteiger charge is -2.07. The number of aryl methyl sites for hydroxylation is 1. The molecule has 0 radical (unpaired) electrons. The van der Waals surface area contributed by atoms with Gasteiger partial charge in [-0.05, 0) is 53.8 Å². The molecule has 1 amide bonds. The summed E-state index contributed by atoms with van der Waals surface area (Å²) in [5.74, 6) is 1.27. The number of amides is 1. The zero-order chi connectivity index (χ0) is 21.8. The zero-order valence-electron chi connectivity index (χ0n) is 17.9. The van der Waals surface area contributed by atoms with Crippen LogP contribution in [0.15, 0.2) is 48.5 Å². The van der Waals surface area contributed by atoms with Gasteiger partial charge in [-0.3, -0.25) is 4.79 Å². The molecular formula is C24H26N4O2S. The van der Waals surface area contributed by atoms with Crippen LogP contribution in [-0.4, -0.2) is 28.2 Å². The van der Waals surface area contributed by atoms with E-state index in [9.17, 15) is 4.79 Å². The lowest BCUT2D eigenvalue weighted by Crippen LogP contribution is -2.12. The van der Waals surface area contributed by atoms with Crippen molar-refractivity contribution in [1.82, 2.24) is 15.2 Å². The maximum atomic E-state index is 12.6. The minimum atomic E-state index is -0.0572. The molecule has 31 heavy (non-hydrogen) atoms. The number of carbonyl (C=O) groups excluding carboxylic acids is 1. The first-order valence-electron chi connectivity index (χ1n) is 10.4. The Morgan fingerprint density at radius 3 is 2.65 bits per heavy atom. The first-order valence-corrected chi connectivity index (χ1v) is 11.2. The highest BCUT2D eigenvalue weighted by Crippen LogP contribution is 2.32. The number of carbonyl (C=O) groups is 1. The molecule has 0 bridgehead atoms. The Hall–Kier alpha value is -3.19. The van der Waals surface area contributed by atoms with Crippen LogP contribution in [0, 0.1) is 5.92 Å². The fraction of sp³-hybridized carbons (Fsp3) is 0.292. The molecule has 4 rings (SSSR count). The smallest absolute Gasteiger partial charge is 0.226 e. The normalized spacial score (nSPS) is 11.2. The summed E-state index contributed by atoms with van der Waals surface area (Å²) in [4.78, 5) is 16.1. The summed E-state index contributed by atoms with van der Waals surface area (Å²) in [7, 11) is 1.66. The Labute approximate surface area is 185 Å². The van der Waals surface area contributed by atoms with Gasteiger partial charge in [0, 0.05) is 29.4 Å². The number of para-hydroxylation sites is 1. The van der Waals surface area contributed by atoms with Crippen LogP contribution in [0.5, 0.6) is 5.75 Å². The van der Waals surface area contributed by atoms with Crippen LogP contribution in [-0.2, 0) is 17.6 Å². The molecule has 2 aromatic carbocycles. The highest BCUT2D eigenvalue weighted by Gasteiger charge is 2.16. The molecule has 0 aliphatic carbocycles. The Balaban J connectivity index is 1.52. The third-order valence-corrected chi connectivity index (χ3v) is 5.95. The van der Waals surface area contributed by atoms with Crippen LogP contribution in [0.4, 0.5) is 5.13 Å². The Kier molecular flexibility index (Phi) is 6.32. The van der Waals surface area contributed by atoms with E-state index in [-0.39, 0.29) is 5.91 Å². The maximum Gasteiger partial charge on any atom is 0.226 e. The second-order valence-electron chi connectivity index (χ2n) is 7.90. The number of anilines is 1. The standard InChI is InChI=1S/C24H26N4O2S/c1-15(2)14-22-27-28-24(31-22)26-21(29)13-12-19-18-6-4-5-7-20(18)25-23(19)16-8-10-17(30-3)11-9-16/h4-11,15,25H,12-14H2,1-3H3,(H,26,28,29). The molecule has 0 spiro atoms. The molecule has 4 aromatic rings. The highest BCUT2D eigenvalue weighted by atomic mass is 32.1. The van der Waals surface area contributed by atoms with E-state index in [0.29, 0.717) is 23.9 Å². The molecule has 0 aliphatic heterocycles. The number of ether oxygens (including phenoxy) is 1. The first kappa shape index (κ1) is 21.1. The Morgan fingerprint density at radius 1 is 1.13 bits per heavy atom. The van der Waals surface area contributed by atoms with Gasteiger partial charge >= 0.3 is 0 Å². The minimum absolute atomic E-state index is 0.0572. The van der Waals surface area contributed by atoms with E-state index < -0.39 is 0 Å². The quantitative estimate of drug-likeness (QED) is 0.386. The van der Waals surface area contributed by atoms with Crippen molar-refractivity contribution in [2.24, 2.45) is 5.92 Å². The van der Waals surface area contributed by atoms with E-state index in [1.807, 2.05) is 36.4 Å². The number of methoxy groups -OCH3 is 1. The summed E-state index contributed by atoms with van der Waals surface area (Å²) in [6, 6.07) is 16.1. The topological polar surface area (TPSA) is 79.9 Å². The average molecular weight is 435 g/mol. The van der Waals surface area contributed by atoms with Crippen molar-refractivity contribution < 1.29 is 9.53 Å². The van der Waals surface area contributed by atoms with Crippen LogP contribution >= 0.6 is 11.3 Å². The molecule has 0 unspecified atom stereocenters. The van der Waals surface area contributed by atoms with Crippen molar-refractivity contribution in [2.45, 2.75) is 33.1 Å². The molecule has 0 atom stereocenters. The van der Waals surface area contributed by atoms with Crippen molar-refractivity contribution in [3.63, 3.8) is 0 Å². The molecule has 0 saturated heterocycles. The molecule has 6 nitrogen and oxygen atoms in total. The van der Waals surface area contributed by atoms with E-state index in [2.05, 4.69) is 46.5 Å². The second-order valence-corrected chi connectivity index (χ2v) is 8.96. The van der Waals surface area contributed by atoms with Crippen molar-refractivity contribution in [3.8, 4) is 17.0 Å². The van der Waals surface area contributed by atoms with Crippen molar-refractivity contribution in [1.29, 1.82) is 0 Å². The van der Waals surface area contributed by atoms with Gasteiger partial charge in [-0.25, -0.2) is 0 Å². The van der Waals surface area contributed by atoms with Crippen LogP contribution in [0.2, 0.25) is 0 Å². The summed E-state index contributed by atoms with van der Waals surface area (Å²) in [5.41, 5.74) is 4.29. The lowest BCUT2D eigenvalue weighted by molar-refractivity contribution is -0.116. The molecule has 160 valence electrons. The van der Waals surface area contributed by atoms with Crippen LogP contribution < -0.4 is 10.1 Å². The number of hydrogen-bond donors (Lipinski definition) is 2. The number of nitrogens with one attached hydrogen (secondary N) is 2. The van der Waals surface area contributed by atoms with Crippen molar-refractivity contribution >= 4 is 33.3 Å². The van der Waals surface area contributed by atoms with E-state index in [1.165, 1.54) is 11.3 Å². The van der Waals surface area contributed by atoms with E-state index in [0.717, 1.165) is 44.9 Å². The third-order valence-electron chi connectivity index (χ3n) is 5.09. The largest absolute Gasteiger partial charge is 0.497 e. The van der Waals surface area contributed by atoms with Crippen LogP contribution in [0.3, 0.4) is 0 Å². The molecular weight excluding hydrogens is 408 g/mol. The molecule has 2 heterocycles. The van der Waals surface area contributed by atoms with Gasteiger partial charge in [0.25, 0.3) is 0 Å². The molecule has 0 saturated carbocycles. The summed E-state index contributed by atoms with van der Waals surface area (Å²) in [6.45, 7) is 4.28. The Morgan fingerprint density at radius 2 is 1.90 bits per heavy atom. The molecule has 0 fully saturated rings. The lowest BCUT2D eigenvalue weighted by atomic mass is 10.0. The van der Waals surface area contributed by atoms with Crippen molar-refractivity contribution in [2.75, 3.05) is 12.4 Å². The van der Waals surface area contributed by atoms with E-state index >= 15 is 0 Å². The molecule has 0 aliphatic rings. The molecule has 7 heteroatoms. The minimum Gasteiger partial charge on any atom is -0.497 e. The summed E-state index contributed by atoms with van der Waals surface area (Å²) >= 11 is 1.45. The number of H-pyrrole nitrogens is 1. The van der Waals surface area contributed by atoms with Gasteiger partial charge in [0.05, 0.1) is 7.11 Å². The number of aromatic nitrogens is 3. The van der Waals surface area contributed by atoms with Crippen molar-refractivity contribution in [3.05, 3.63) is 59.1 Å². The van der Waals surface area contributed by atoms with Gasteiger partial charge in [0.2, 0.25) is 11.0 Å². The highest BCUT2D eigenvalue weighted by molar-refractivity contribution is 7.15. The fourth-order valence-corrected chi connectivity index (χ4v) is 4.59. The summed E-state index contributed by atoms with van der Waals surface area (Å²) in [5, 5.41) is 13.8. The maximum absolute atomic E-state index is 12.6. The van der Waals surface area contributed by atoms with Gasteiger partial charge in [-0.2, -0.15) is 0 Å². The van der Waals surface area contributed by atoms with Gasteiger partial charge < -0.3 is 15.0 Å². The average Bonchev–Trinajstić information content (AvgIpc) is 3.35. The first-order chi connectivity index (χ1) is 15.0. The summed E-state index contributed by atoms with van der Waals surface area (Å²) < 4.78 is 5.28. The number of hydrogen-bond acceptors (Lipinski definition) is 5.